The van der Waals surface area contributed by atoms with Gasteiger partial charge in [-0.2, -0.15) is 13.2 Å². The maximum Gasteiger partial charge on any atom is 0.472 e. The summed E-state index contributed by atoms with van der Waals surface area (Å²) < 4.78 is 45.7. The van der Waals surface area contributed by atoms with Crippen LogP contribution in [0, 0.1) is 6.92 Å². The summed E-state index contributed by atoms with van der Waals surface area (Å²) in [5.41, 5.74) is 0.840. The zero-order valence-corrected chi connectivity index (χ0v) is 23.7. The number of carboxylic acid groups (broad SMARTS) is 1. The number of amides is 3. The van der Waals surface area contributed by atoms with Crippen molar-refractivity contribution >= 4 is 29.7 Å². The minimum absolute atomic E-state index is 0.130. The van der Waals surface area contributed by atoms with E-state index in [0.29, 0.717) is 16.9 Å². The van der Waals surface area contributed by atoms with E-state index in [1.807, 2.05) is 6.92 Å². The molecule has 1 saturated heterocycles. The van der Waals surface area contributed by atoms with Crippen LogP contribution < -0.4 is 10.7 Å². The van der Waals surface area contributed by atoms with Crippen LogP contribution in [0.25, 0.3) is 11.3 Å². The molecular weight excluding hydrogens is 573 g/mol. The molecule has 0 saturated carbocycles. The monoisotopic (exact) mass is 602 g/mol. The lowest BCUT2D eigenvalue weighted by molar-refractivity contribution is -0.168. The van der Waals surface area contributed by atoms with E-state index in [4.69, 9.17) is 4.74 Å². The van der Waals surface area contributed by atoms with Gasteiger partial charge < -0.3 is 15.2 Å². The predicted octanol–water partition coefficient (Wildman–Crippen LogP) is 4.91. The number of pyridine rings is 1. The van der Waals surface area contributed by atoms with Crippen LogP contribution in [0.5, 0.6) is 0 Å². The minimum atomic E-state index is -5.35. The number of aromatic nitrogens is 3. The number of likely N-dealkylation sites (tertiary alicyclic amines) is 1. The highest BCUT2D eigenvalue weighted by atomic mass is 19.4. The number of aromatic carboxylic acids is 1. The van der Waals surface area contributed by atoms with E-state index in [0.717, 1.165) is 5.56 Å². The number of imidazole rings is 1. The van der Waals surface area contributed by atoms with Gasteiger partial charge in [0.25, 0.3) is 5.91 Å². The highest BCUT2D eigenvalue weighted by Gasteiger charge is 2.43. The molecule has 1 unspecified atom stereocenters. The second kappa shape index (κ2) is 11.7. The summed E-state index contributed by atoms with van der Waals surface area (Å²) in [6.07, 6.45) is -3.96. The Hall–Kier alpha value is -4.95. The molecule has 3 amide bonds. The number of ether oxygens (including phenoxy) is 1. The normalized spacial score (nSPS) is 15.2. The number of rotatable bonds is 6. The van der Waals surface area contributed by atoms with Gasteiger partial charge in [0, 0.05) is 23.9 Å². The van der Waals surface area contributed by atoms with Gasteiger partial charge in [-0.3, -0.25) is 19.9 Å². The molecule has 1 aliphatic rings. The fourth-order valence-electron chi connectivity index (χ4n) is 4.48. The van der Waals surface area contributed by atoms with Crippen LogP contribution in [-0.4, -0.2) is 66.8 Å². The lowest BCUT2D eigenvalue weighted by Crippen LogP contribution is -2.40. The Bertz CT molecular complexity index is 1560. The van der Waals surface area contributed by atoms with E-state index in [2.05, 4.69) is 15.3 Å². The number of aryl methyl sites for hydroxylation is 1. The van der Waals surface area contributed by atoms with Crippen molar-refractivity contribution in [3.63, 3.8) is 0 Å². The molecule has 12 nitrogen and oxygen atoms in total. The smallest absolute Gasteiger partial charge is 0.472 e. The van der Waals surface area contributed by atoms with Gasteiger partial charge in [0.05, 0.1) is 6.04 Å². The summed E-state index contributed by atoms with van der Waals surface area (Å²) in [5.74, 6) is -4.62. The van der Waals surface area contributed by atoms with E-state index < -0.39 is 47.4 Å². The molecule has 3 heterocycles. The van der Waals surface area contributed by atoms with Crippen molar-refractivity contribution < 1.29 is 42.2 Å². The number of anilines is 1. The summed E-state index contributed by atoms with van der Waals surface area (Å²) in [4.78, 5) is 59.7. The van der Waals surface area contributed by atoms with Crippen molar-refractivity contribution in [1.82, 2.24) is 19.5 Å². The molecule has 0 bridgehead atoms. The van der Waals surface area contributed by atoms with Crippen LogP contribution in [0.3, 0.4) is 0 Å². The summed E-state index contributed by atoms with van der Waals surface area (Å²) in [7, 11) is 0. The average Bonchev–Trinajstić information content (AvgIpc) is 3.52. The number of hydrogen-bond acceptors (Lipinski definition) is 7. The van der Waals surface area contributed by atoms with Crippen LogP contribution in [0.1, 0.15) is 71.9 Å². The third kappa shape index (κ3) is 7.10. The number of benzene rings is 1. The Morgan fingerprint density at radius 2 is 1.74 bits per heavy atom. The highest BCUT2D eigenvalue weighted by Crippen LogP contribution is 2.36. The minimum Gasteiger partial charge on any atom is -0.476 e. The predicted molar refractivity (Wildman–Crippen MR) is 147 cm³/mol. The molecule has 2 aromatic heterocycles. The first-order valence-corrected chi connectivity index (χ1v) is 13.1. The van der Waals surface area contributed by atoms with Gasteiger partial charge in [0.1, 0.15) is 17.1 Å². The van der Waals surface area contributed by atoms with Crippen molar-refractivity contribution in [3.8, 4) is 11.3 Å². The third-order valence-electron chi connectivity index (χ3n) is 6.33. The molecule has 1 atom stereocenters. The van der Waals surface area contributed by atoms with Crippen LogP contribution in [0.2, 0.25) is 0 Å². The van der Waals surface area contributed by atoms with Gasteiger partial charge in [0.15, 0.2) is 11.5 Å². The fraction of sp³-hybridized carbons (Fsp3) is 0.357. The van der Waals surface area contributed by atoms with Crippen molar-refractivity contribution in [2.24, 2.45) is 0 Å². The number of carbonyl (C=O) groups is 4. The second-order valence-electron chi connectivity index (χ2n) is 10.8. The summed E-state index contributed by atoms with van der Waals surface area (Å²) in [6, 6.07) is 7.90. The molecule has 1 aliphatic heterocycles. The third-order valence-corrected chi connectivity index (χ3v) is 6.33. The van der Waals surface area contributed by atoms with Crippen LogP contribution >= 0.6 is 0 Å². The number of hydrogen-bond donors (Lipinski definition) is 3. The largest absolute Gasteiger partial charge is 0.476 e. The topological polar surface area (TPSA) is 156 Å². The van der Waals surface area contributed by atoms with E-state index in [-0.39, 0.29) is 35.6 Å². The fourth-order valence-corrected chi connectivity index (χ4v) is 4.48. The Labute approximate surface area is 243 Å². The lowest BCUT2D eigenvalue weighted by atomic mass is 10.1. The van der Waals surface area contributed by atoms with E-state index >= 15 is 0 Å². The molecule has 1 fully saturated rings. The van der Waals surface area contributed by atoms with E-state index in [1.165, 1.54) is 35.4 Å². The van der Waals surface area contributed by atoms with Gasteiger partial charge >= 0.3 is 24.1 Å². The van der Waals surface area contributed by atoms with Crippen molar-refractivity contribution in [3.05, 3.63) is 65.2 Å². The first-order valence-electron chi connectivity index (χ1n) is 13.1. The van der Waals surface area contributed by atoms with E-state index in [9.17, 15) is 37.5 Å². The quantitative estimate of drug-likeness (QED) is 0.360. The maximum absolute atomic E-state index is 13.3. The average molecular weight is 603 g/mol. The zero-order valence-electron chi connectivity index (χ0n) is 23.7. The molecule has 1 aromatic carbocycles. The Kier molecular flexibility index (Phi) is 8.46. The van der Waals surface area contributed by atoms with Crippen LogP contribution in [0.4, 0.5) is 23.8 Å². The van der Waals surface area contributed by atoms with Crippen LogP contribution in [-0.2, 0) is 9.53 Å². The number of halogens is 3. The summed E-state index contributed by atoms with van der Waals surface area (Å²) in [6.45, 7) is 6.92. The van der Waals surface area contributed by atoms with Crippen molar-refractivity contribution in [1.29, 1.82) is 0 Å². The highest BCUT2D eigenvalue weighted by molar-refractivity contribution is 6.04. The van der Waals surface area contributed by atoms with Gasteiger partial charge in [-0.25, -0.2) is 24.2 Å². The van der Waals surface area contributed by atoms with Gasteiger partial charge in [-0.05, 0) is 70.4 Å². The summed E-state index contributed by atoms with van der Waals surface area (Å²) in [5, 5.41) is 12.7. The Balaban J connectivity index is 1.76. The second-order valence-corrected chi connectivity index (χ2v) is 10.8. The number of carboxylic acids is 1. The molecule has 0 radical (unpaired) electrons. The molecular formula is C28H29F3N6O6. The molecule has 0 aliphatic carbocycles. The van der Waals surface area contributed by atoms with Gasteiger partial charge in [-0.1, -0.05) is 12.1 Å². The molecule has 3 aromatic rings. The van der Waals surface area contributed by atoms with Gasteiger partial charge in [-0.15, -0.1) is 0 Å². The maximum atomic E-state index is 13.3. The molecule has 4 rings (SSSR count). The van der Waals surface area contributed by atoms with Crippen molar-refractivity contribution in [2.45, 2.75) is 58.4 Å². The molecule has 15 heteroatoms. The molecule has 0 spiro atoms. The summed E-state index contributed by atoms with van der Waals surface area (Å²) >= 11 is 0. The first kappa shape index (κ1) is 31.0. The Morgan fingerprint density at radius 3 is 2.33 bits per heavy atom. The van der Waals surface area contributed by atoms with E-state index in [1.54, 1.807) is 38.3 Å². The molecule has 3 N–H and O–H groups in total. The van der Waals surface area contributed by atoms with Crippen molar-refractivity contribution in [2.75, 3.05) is 17.3 Å². The first-order chi connectivity index (χ1) is 20.0. The lowest BCUT2D eigenvalue weighted by Gasteiger charge is -2.28. The standard InChI is InChI=1S/C28H29F3N6O6/c1-15-11-12-32-19(14-15)33-23(38)17-9-7-16(8-10-17)20-21(24(39)40)37(35-25(41)28(29,30)31)22(34-20)18-6-5-13-36(18)26(42)43-27(2,3)4/h7-12,14,18H,5-6,13H2,1-4H3,(H,35,41)(H,39,40)(H,32,33,38). The SMILES string of the molecule is Cc1ccnc(NC(=O)c2ccc(-c3nc(C4CCCN4C(=O)OC(C)(C)C)n(NC(=O)C(F)(F)F)c3C(=O)O)cc2)c1. The number of carbonyl (C=O) groups excluding carboxylic acids is 3. The van der Waals surface area contributed by atoms with Crippen LogP contribution in [0.15, 0.2) is 42.6 Å². The molecule has 43 heavy (non-hydrogen) atoms. The van der Waals surface area contributed by atoms with Gasteiger partial charge in [0.2, 0.25) is 0 Å². The Morgan fingerprint density at radius 1 is 1.07 bits per heavy atom. The molecule has 228 valence electrons. The number of nitrogens with one attached hydrogen (secondary N) is 2. The zero-order chi connectivity index (χ0) is 31.7. The number of nitrogens with zero attached hydrogens (tertiary/aromatic N) is 4. The number of alkyl halides is 3.